The smallest absolute Gasteiger partial charge is 0.171 e. The summed E-state index contributed by atoms with van der Waals surface area (Å²) in [6.07, 6.45) is 0.152. The number of hydrogen-bond donors (Lipinski definition) is 0. The summed E-state index contributed by atoms with van der Waals surface area (Å²) in [4.78, 5) is 12.3. The number of para-hydroxylation sites is 1. The third-order valence-electron chi connectivity index (χ3n) is 2.81. The van der Waals surface area contributed by atoms with Crippen molar-refractivity contribution in [1.82, 2.24) is 0 Å². The van der Waals surface area contributed by atoms with Crippen molar-refractivity contribution in [3.05, 3.63) is 63.6 Å². The fraction of sp³-hybridized carbons (Fsp3) is 0.133. The fourth-order valence-electron chi connectivity index (χ4n) is 1.83. The molecule has 0 bridgehead atoms. The molecule has 0 aromatic heterocycles. The van der Waals surface area contributed by atoms with Crippen molar-refractivity contribution in [2.45, 2.75) is 6.42 Å². The highest BCUT2D eigenvalue weighted by molar-refractivity contribution is 6.36. The molecule has 98 valence electrons. The second-order valence-corrected chi connectivity index (χ2v) is 4.81. The van der Waals surface area contributed by atoms with Crippen LogP contribution >= 0.6 is 23.2 Å². The third kappa shape index (κ3) is 3.09. The van der Waals surface area contributed by atoms with Crippen LogP contribution in [0, 0.1) is 0 Å². The van der Waals surface area contributed by atoms with Crippen LogP contribution < -0.4 is 4.74 Å². The molecule has 2 nitrogen and oxygen atoms in total. The van der Waals surface area contributed by atoms with Gasteiger partial charge in [0.15, 0.2) is 5.78 Å². The summed E-state index contributed by atoms with van der Waals surface area (Å²) < 4.78 is 5.18. The lowest BCUT2D eigenvalue weighted by Crippen LogP contribution is -2.06. The van der Waals surface area contributed by atoms with Gasteiger partial charge in [-0.2, -0.15) is 0 Å². The highest BCUT2D eigenvalue weighted by Crippen LogP contribution is 2.27. The maximum absolute atomic E-state index is 12.3. The number of carbonyl (C=O) groups excluding carboxylic acids is 1. The summed E-state index contributed by atoms with van der Waals surface area (Å²) in [6.45, 7) is 0. The van der Waals surface area contributed by atoms with E-state index in [2.05, 4.69) is 0 Å². The maximum atomic E-state index is 12.3. The average Bonchev–Trinajstić information content (AvgIpc) is 2.42. The van der Waals surface area contributed by atoms with Gasteiger partial charge in [-0.25, -0.2) is 0 Å². The molecule has 0 aliphatic heterocycles. The summed E-state index contributed by atoms with van der Waals surface area (Å²) >= 11 is 12.1. The van der Waals surface area contributed by atoms with Gasteiger partial charge in [0.1, 0.15) is 5.75 Å². The molecule has 0 aliphatic rings. The van der Waals surface area contributed by atoms with Crippen molar-refractivity contribution >= 4 is 29.0 Å². The Morgan fingerprint density at radius 3 is 2.32 bits per heavy atom. The minimum atomic E-state index is -0.0764. The molecule has 0 aliphatic carbocycles. The van der Waals surface area contributed by atoms with Crippen LogP contribution in [0.4, 0.5) is 0 Å². The van der Waals surface area contributed by atoms with Crippen molar-refractivity contribution in [1.29, 1.82) is 0 Å². The molecule has 0 unspecified atom stereocenters. The van der Waals surface area contributed by atoms with E-state index < -0.39 is 0 Å². The van der Waals surface area contributed by atoms with Gasteiger partial charge in [-0.05, 0) is 29.8 Å². The Kier molecular flexibility index (Phi) is 4.46. The van der Waals surface area contributed by atoms with Gasteiger partial charge in [-0.15, -0.1) is 0 Å². The quantitative estimate of drug-likeness (QED) is 0.780. The van der Waals surface area contributed by atoms with E-state index in [0.29, 0.717) is 26.9 Å². The average molecular weight is 295 g/mol. The highest BCUT2D eigenvalue weighted by atomic mass is 35.5. The molecular weight excluding hydrogens is 283 g/mol. The van der Waals surface area contributed by atoms with Gasteiger partial charge < -0.3 is 4.74 Å². The van der Waals surface area contributed by atoms with Gasteiger partial charge in [0, 0.05) is 16.5 Å². The predicted octanol–water partition coefficient (Wildman–Crippen LogP) is 4.43. The van der Waals surface area contributed by atoms with Crippen molar-refractivity contribution in [3.63, 3.8) is 0 Å². The van der Waals surface area contributed by atoms with E-state index >= 15 is 0 Å². The monoisotopic (exact) mass is 294 g/mol. The summed E-state index contributed by atoms with van der Waals surface area (Å²) in [6, 6.07) is 12.3. The molecule has 0 N–H and O–H groups in total. The molecular formula is C15H12Cl2O2. The van der Waals surface area contributed by atoms with Crippen LogP contribution in [0.1, 0.15) is 15.9 Å². The van der Waals surface area contributed by atoms with E-state index in [-0.39, 0.29) is 12.2 Å². The standard InChI is InChI=1S/C15H12Cl2O2/c1-19-15-8-3-2-5-10(15)14(18)9-11-12(16)6-4-7-13(11)17/h2-8H,9H2,1H3. The minimum Gasteiger partial charge on any atom is -0.496 e. The first-order chi connectivity index (χ1) is 9.13. The molecule has 2 aromatic carbocycles. The van der Waals surface area contributed by atoms with Crippen LogP contribution in [0.2, 0.25) is 10.0 Å². The molecule has 0 heterocycles. The number of ether oxygens (including phenoxy) is 1. The zero-order valence-electron chi connectivity index (χ0n) is 10.3. The topological polar surface area (TPSA) is 26.3 Å². The maximum Gasteiger partial charge on any atom is 0.171 e. The van der Waals surface area contributed by atoms with Crippen LogP contribution in [-0.2, 0) is 6.42 Å². The fourth-order valence-corrected chi connectivity index (χ4v) is 2.36. The van der Waals surface area contributed by atoms with Crippen molar-refractivity contribution in [2.75, 3.05) is 7.11 Å². The van der Waals surface area contributed by atoms with Gasteiger partial charge in [0.05, 0.1) is 12.7 Å². The van der Waals surface area contributed by atoms with Crippen molar-refractivity contribution < 1.29 is 9.53 Å². The van der Waals surface area contributed by atoms with Crippen molar-refractivity contribution in [2.24, 2.45) is 0 Å². The molecule has 0 atom stereocenters. The Bertz CT molecular complexity index is 589. The molecule has 4 heteroatoms. The molecule has 0 saturated carbocycles. The molecule has 0 radical (unpaired) electrons. The number of benzene rings is 2. The number of halogens is 2. The first-order valence-corrected chi connectivity index (χ1v) is 6.48. The summed E-state index contributed by atoms with van der Waals surface area (Å²) in [5.74, 6) is 0.475. The number of ketones is 1. The lowest BCUT2D eigenvalue weighted by Gasteiger charge is -2.09. The normalized spacial score (nSPS) is 10.3. The van der Waals surface area contributed by atoms with Gasteiger partial charge in [0.25, 0.3) is 0 Å². The number of hydrogen-bond acceptors (Lipinski definition) is 2. The van der Waals surface area contributed by atoms with Crippen LogP contribution in [0.15, 0.2) is 42.5 Å². The Morgan fingerprint density at radius 2 is 1.68 bits per heavy atom. The lowest BCUT2D eigenvalue weighted by molar-refractivity contribution is 0.0990. The van der Waals surface area contributed by atoms with E-state index in [9.17, 15) is 4.79 Å². The van der Waals surface area contributed by atoms with Crippen LogP contribution in [0.25, 0.3) is 0 Å². The Labute approximate surface area is 121 Å². The molecule has 0 fully saturated rings. The second kappa shape index (κ2) is 6.09. The third-order valence-corrected chi connectivity index (χ3v) is 3.51. The van der Waals surface area contributed by atoms with E-state index in [1.165, 1.54) is 7.11 Å². The van der Waals surface area contributed by atoms with Crippen LogP contribution in [0.5, 0.6) is 5.75 Å². The van der Waals surface area contributed by atoms with Gasteiger partial charge in [-0.1, -0.05) is 41.4 Å². The minimum absolute atomic E-state index is 0.0764. The molecule has 0 spiro atoms. The van der Waals surface area contributed by atoms with Gasteiger partial charge in [0.2, 0.25) is 0 Å². The van der Waals surface area contributed by atoms with Crippen molar-refractivity contribution in [3.8, 4) is 5.75 Å². The van der Waals surface area contributed by atoms with E-state index in [4.69, 9.17) is 27.9 Å². The van der Waals surface area contributed by atoms with Gasteiger partial charge in [-0.3, -0.25) is 4.79 Å². The molecule has 0 saturated heterocycles. The number of Topliss-reactive ketones (excluding diaryl/α,β-unsaturated/α-hetero) is 1. The Balaban J connectivity index is 2.31. The Morgan fingerprint density at radius 1 is 1.05 bits per heavy atom. The zero-order valence-corrected chi connectivity index (χ0v) is 11.8. The van der Waals surface area contributed by atoms with Gasteiger partial charge >= 0.3 is 0 Å². The number of rotatable bonds is 4. The summed E-state index contributed by atoms with van der Waals surface area (Å²) in [7, 11) is 1.54. The molecule has 2 rings (SSSR count). The highest BCUT2D eigenvalue weighted by Gasteiger charge is 2.15. The Hall–Kier alpha value is -1.51. The van der Waals surface area contributed by atoms with E-state index in [1.807, 2.05) is 6.07 Å². The van der Waals surface area contributed by atoms with E-state index in [1.54, 1.807) is 36.4 Å². The largest absolute Gasteiger partial charge is 0.496 e. The zero-order chi connectivity index (χ0) is 13.8. The number of carbonyl (C=O) groups is 1. The van der Waals surface area contributed by atoms with Crippen LogP contribution in [-0.4, -0.2) is 12.9 Å². The molecule has 0 amide bonds. The molecule has 19 heavy (non-hydrogen) atoms. The van der Waals surface area contributed by atoms with Crippen LogP contribution in [0.3, 0.4) is 0 Å². The number of methoxy groups -OCH3 is 1. The second-order valence-electron chi connectivity index (χ2n) is 4.00. The first kappa shape index (κ1) is 13.9. The lowest BCUT2D eigenvalue weighted by atomic mass is 10.0. The predicted molar refractivity (Wildman–Crippen MR) is 77.5 cm³/mol. The first-order valence-electron chi connectivity index (χ1n) is 5.72. The SMILES string of the molecule is COc1ccccc1C(=O)Cc1c(Cl)cccc1Cl. The van der Waals surface area contributed by atoms with E-state index in [0.717, 1.165) is 0 Å². The summed E-state index contributed by atoms with van der Waals surface area (Å²) in [5.41, 5.74) is 1.17. The molecule has 2 aromatic rings. The summed E-state index contributed by atoms with van der Waals surface area (Å²) in [5, 5.41) is 0.992.